The lowest BCUT2D eigenvalue weighted by Crippen LogP contribution is -2.49. The lowest BCUT2D eigenvalue weighted by molar-refractivity contribution is 0.0741. The van der Waals surface area contributed by atoms with Crippen molar-refractivity contribution in [3.8, 4) is 0 Å². The molecular weight excluding hydrogens is 321 g/mol. The van der Waals surface area contributed by atoms with Gasteiger partial charge in [-0.3, -0.25) is 9.78 Å². The molecule has 1 aromatic heterocycles. The van der Waals surface area contributed by atoms with E-state index in [0.29, 0.717) is 23.8 Å². The number of anilines is 1. The monoisotopic (exact) mass is 335 g/mol. The normalized spacial score (nSPS) is 15.0. The van der Waals surface area contributed by atoms with Gasteiger partial charge in [0.05, 0.1) is 10.7 Å². The van der Waals surface area contributed by atoms with E-state index in [1.165, 1.54) is 0 Å². The Labute approximate surface area is 139 Å². The lowest BCUT2D eigenvalue weighted by atomic mass is 10.2. The first-order chi connectivity index (χ1) is 10.6. The Kier molecular flexibility index (Phi) is 4.50. The van der Waals surface area contributed by atoms with Crippen LogP contribution in [0.15, 0.2) is 42.6 Å². The summed E-state index contributed by atoms with van der Waals surface area (Å²) >= 11 is 12.1. The second-order valence-electron chi connectivity index (χ2n) is 5.09. The van der Waals surface area contributed by atoms with Gasteiger partial charge in [-0.1, -0.05) is 35.3 Å². The smallest absolute Gasteiger partial charge is 0.272 e. The lowest BCUT2D eigenvalue weighted by Gasteiger charge is -2.36. The van der Waals surface area contributed by atoms with E-state index in [1.807, 2.05) is 24.3 Å². The Balaban J connectivity index is 1.67. The second-order valence-corrected chi connectivity index (χ2v) is 5.93. The number of para-hydroxylation sites is 1. The minimum absolute atomic E-state index is 0.0821. The average Bonchev–Trinajstić information content (AvgIpc) is 2.55. The summed E-state index contributed by atoms with van der Waals surface area (Å²) in [6.45, 7) is 2.77. The van der Waals surface area contributed by atoms with Gasteiger partial charge >= 0.3 is 0 Å². The molecule has 22 heavy (non-hydrogen) atoms. The first-order valence-corrected chi connectivity index (χ1v) is 7.81. The summed E-state index contributed by atoms with van der Waals surface area (Å²) < 4.78 is 0. The van der Waals surface area contributed by atoms with Crippen molar-refractivity contribution >= 4 is 34.8 Å². The van der Waals surface area contributed by atoms with Crippen LogP contribution < -0.4 is 4.90 Å². The number of carbonyl (C=O) groups excluding carboxylic acids is 1. The van der Waals surface area contributed by atoms with E-state index in [2.05, 4.69) is 9.88 Å². The number of piperazine rings is 1. The number of amides is 1. The van der Waals surface area contributed by atoms with Gasteiger partial charge in [-0.15, -0.1) is 0 Å². The van der Waals surface area contributed by atoms with Crippen LogP contribution in [0.1, 0.15) is 10.5 Å². The number of carbonyl (C=O) groups is 1. The fourth-order valence-corrected chi connectivity index (χ4v) is 2.96. The maximum atomic E-state index is 12.4. The zero-order chi connectivity index (χ0) is 15.5. The molecule has 4 nitrogen and oxygen atoms in total. The molecule has 1 aromatic carbocycles. The predicted molar refractivity (Wildman–Crippen MR) is 88.8 cm³/mol. The maximum absolute atomic E-state index is 12.4. The van der Waals surface area contributed by atoms with Crippen molar-refractivity contribution in [3.05, 3.63) is 58.3 Å². The standard InChI is InChI=1S/C16H15Cl2N3O/c17-12-5-6-19-14(11-12)16(22)21-9-7-20(8-10-21)15-4-2-1-3-13(15)18/h1-6,11H,7-10H2. The molecule has 3 rings (SSSR count). The minimum atomic E-state index is -0.0821. The molecule has 0 spiro atoms. The number of benzene rings is 1. The van der Waals surface area contributed by atoms with Crippen molar-refractivity contribution in [2.75, 3.05) is 31.1 Å². The molecule has 1 aliphatic rings. The van der Waals surface area contributed by atoms with Crippen molar-refractivity contribution in [2.24, 2.45) is 0 Å². The van der Waals surface area contributed by atoms with Crippen LogP contribution in [0.5, 0.6) is 0 Å². The Hall–Kier alpha value is -1.78. The van der Waals surface area contributed by atoms with Crippen LogP contribution in [0.4, 0.5) is 5.69 Å². The van der Waals surface area contributed by atoms with Crippen LogP contribution in [-0.4, -0.2) is 42.0 Å². The highest BCUT2D eigenvalue weighted by atomic mass is 35.5. The van der Waals surface area contributed by atoms with Gasteiger partial charge in [-0.25, -0.2) is 0 Å². The van der Waals surface area contributed by atoms with Crippen molar-refractivity contribution in [1.82, 2.24) is 9.88 Å². The molecule has 0 unspecified atom stereocenters. The van der Waals surface area contributed by atoms with Gasteiger partial charge in [0.2, 0.25) is 0 Å². The molecule has 0 atom stereocenters. The van der Waals surface area contributed by atoms with E-state index < -0.39 is 0 Å². The van der Waals surface area contributed by atoms with Crippen LogP contribution in [0, 0.1) is 0 Å². The van der Waals surface area contributed by atoms with Crippen molar-refractivity contribution in [3.63, 3.8) is 0 Å². The van der Waals surface area contributed by atoms with Crippen LogP contribution in [0.25, 0.3) is 0 Å². The number of hydrogen-bond donors (Lipinski definition) is 0. The van der Waals surface area contributed by atoms with Crippen molar-refractivity contribution in [2.45, 2.75) is 0 Å². The van der Waals surface area contributed by atoms with Crippen molar-refractivity contribution in [1.29, 1.82) is 0 Å². The highest BCUT2D eigenvalue weighted by Gasteiger charge is 2.23. The third-order valence-electron chi connectivity index (χ3n) is 3.70. The molecule has 2 heterocycles. The molecule has 2 aromatic rings. The largest absolute Gasteiger partial charge is 0.367 e. The van der Waals surface area contributed by atoms with Crippen LogP contribution in [0.2, 0.25) is 10.0 Å². The topological polar surface area (TPSA) is 36.4 Å². The van der Waals surface area contributed by atoms with Gasteiger partial charge in [0.15, 0.2) is 0 Å². The molecule has 0 radical (unpaired) electrons. The first-order valence-electron chi connectivity index (χ1n) is 7.05. The Bertz CT molecular complexity index is 685. The molecular formula is C16H15Cl2N3O. The number of rotatable bonds is 2. The van der Waals surface area contributed by atoms with Gasteiger partial charge in [0.1, 0.15) is 5.69 Å². The van der Waals surface area contributed by atoms with Gasteiger partial charge in [0.25, 0.3) is 5.91 Å². The van der Waals surface area contributed by atoms with Gasteiger partial charge in [0, 0.05) is 37.4 Å². The second kappa shape index (κ2) is 6.55. The maximum Gasteiger partial charge on any atom is 0.272 e. The third-order valence-corrected chi connectivity index (χ3v) is 4.26. The van der Waals surface area contributed by atoms with E-state index in [1.54, 1.807) is 23.2 Å². The zero-order valence-corrected chi connectivity index (χ0v) is 13.4. The molecule has 0 N–H and O–H groups in total. The van der Waals surface area contributed by atoms with Gasteiger partial charge < -0.3 is 9.80 Å². The quantitative estimate of drug-likeness (QED) is 0.844. The first kappa shape index (κ1) is 15.1. The minimum Gasteiger partial charge on any atom is -0.367 e. The summed E-state index contributed by atoms with van der Waals surface area (Å²) in [5.41, 5.74) is 1.40. The summed E-state index contributed by atoms with van der Waals surface area (Å²) in [6, 6.07) is 11.0. The third kappa shape index (κ3) is 3.18. The van der Waals surface area contributed by atoms with Crippen LogP contribution >= 0.6 is 23.2 Å². The number of hydrogen-bond acceptors (Lipinski definition) is 3. The fourth-order valence-electron chi connectivity index (χ4n) is 2.54. The van der Waals surface area contributed by atoms with E-state index >= 15 is 0 Å². The summed E-state index contributed by atoms with van der Waals surface area (Å²) in [5.74, 6) is -0.0821. The molecule has 1 aliphatic heterocycles. The number of nitrogens with zero attached hydrogens (tertiary/aromatic N) is 3. The van der Waals surface area contributed by atoms with E-state index in [4.69, 9.17) is 23.2 Å². The van der Waals surface area contributed by atoms with Gasteiger partial charge in [-0.2, -0.15) is 0 Å². The molecule has 0 saturated carbocycles. The van der Waals surface area contributed by atoms with Gasteiger partial charge in [-0.05, 0) is 24.3 Å². The Morgan fingerprint density at radius 3 is 2.45 bits per heavy atom. The predicted octanol–water partition coefficient (Wildman–Crippen LogP) is 3.35. The van der Waals surface area contributed by atoms with Crippen molar-refractivity contribution < 1.29 is 4.79 Å². The van der Waals surface area contributed by atoms with Crippen LogP contribution in [0.3, 0.4) is 0 Å². The molecule has 0 bridgehead atoms. The summed E-state index contributed by atoms with van der Waals surface area (Å²) in [6.07, 6.45) is 1.55. The Morgan fingerprint density at radius 1 is 1.05 bits per heavy atom. The van der Waals surface area contributed by atoms with E-state index in [9.17, 15) is 4.79 Å². The highest BCUT2D eigenvalue weighted by Crippen LogP contribution is 2.26. The highest BCUT2D eigenvalue weighted by molar-refractivity contribution is 6.33. The summed E-state index contributed by atoms with van der Waals surface area (Å²) in [4.78, 5) is 20.5. The van der Waals surface area contributed by atoms with E-state index in [0.717, 1.165) is 23.8 Å². The number of halogens is 2. The summed E-state index contributed by atoms with van der Waals surface area (Å²) in [7, 11) is 0. The average molecular weight is 336 g/mol. The molecule has 1 fully saturated rings. The van der Waals surface area contributed by atoms with E-state index in [-0.39, 0.29) is 5.91 Å². The molecule has 1 saturated heterocycles. The SMILES string of the molecule is O=C(c1cc(Cl)ccn1)N1CCN(c2ccccc2Cl)CC1. The molecule has 114 valence electrons. The van der Waals surface area contributed by atoms with Crippen LogP contribution in [-0.2, 0) is 0 Å². The molecule has 1 amide bonds. The number of pyridine rings is 1. The Morgan fingerprint density at radius 2 is 1.77 bits per heavy atom. The summed E-state index contributed by atoms with van der Waals surface area (Å²) in [5, 5.41) is 1.26. The molecule has 0 aliphatic carbocycles. The number of aromatic nitrogens is 1. The fraction of sp³-hybridized carbons (Fsp3) is 0.250. The molecule has 6 heteroatoms. The zero-order valence-electron chi connectivity index (χ0n) is 11.9.